The molecule has 0 amide bonds. The quantitative estimate of drug-likeness (QED) is 0.752. The summed E-state index contributed by atoms with van der Waals surface area (Å²) < 4.78 is 36.4. The average Bonchev–Trinajstić information content (AvgIpc) is 2.15. The van der Waals surface area contributed by atoms with Crippen LogP contribution < -0.4 is 5.32 Å². The zero-order valence-corrected chi connectivity index (χ0v) is 10.2. The van der Waals surface area contributed by atoms with Crippen LogP contribution in [-0.4, -0.2) is 30.5 Å². The first kappa shape index (κ1) is 14.5. The minimum Gasteiger partial charge on any atom is -0.395 e. The highest BCUT2D eigenvalue weighted by Crippen LogP contribution is 2.30. The van der Waals surface area contributed by atoms with Gasteiger partial charge in [0.05, 0.1) is 13.2 Å². The fourth-order valence-corrected chi connectivity index (χ4v) is 2.53. The second-order valence-electron chi connectivity index (χ2n) is 4.98. The summed E-state index contributed by atoms with van der Waals surface area (Å²) in [5, 5.41) is 11.6. The van der Waals surface area contributed by atoms with E-state index in [0.717, 1.165) is 12.8 Å². The van der Waals surface area contributed by atoms with Crippen LogP contribution in [0.5, 0.6) is 0 Å². The van der Waals surface area contributed by atoms with E-state index in [1.165, 1.54) is 5.57 Å². The highest BCUT2D eigenvalue weighted by atomic mass is 19.4. The zero-order chi connectivity index (χ0) is 13.1. The second-order valence-corrected chi connectivity index (χ2v) is 4.98. The van der Waals surface area contributed by atoms with Crippen LogP contribution in [0.25, 0.3) is 0 Å². The molecule has 1 aliphatic carbocycles. The summed E-state index contributed by atoms with van der Waals surface area (Å²) in [6.07, 6.45) is -0.485. The molecule has 2 N–H and O–H groups in total. The van der Waals surface area contributed by atoms with Gasteiger partial charge in [-0.1, -0.05) is 18.6 Å². The Kier molecular flexibility index (Phi) is 5.01. The third kappa shape index (κ3) is 5.08. The highest BCUT2D eigenvalue weighted by molar-refractivity contribution is 5.07. The molecule has 0 bridgehead atoms. The molecular weight excluding hydrogens is 231 g/mol. The molecule has 0 spiro atoms. The van der Waals surface area contributed by atoms with E-state index >= 15 is 0 Å². The summed E-state index contributed by atoms with van der Waals surface area (Å²) in [5.74, 6) is 0.456. The average molecular weight is 251 g/mol. The Morgan fingerprint density at radius 1 is 1.53 bits per heavy atom. The highest BCUT2D eigenvalue weighted by Gasteiger charge is 2.31. The molecule has 0 aromatic rings. The predicted octanol–water partition coefficient (Wildman–Crippen LogP) is 2.49. The normalized spacial score (nSPS) is 27.8. The number of aliphatic hydroxyl groups is 1. The third-order valence-electron chi connectivity index (χ3n) is 3.16. The van der Waals surface area contributed by atoms with Crippen LogP contribution in [0.2, 0.25) is 0 Å². The number of hydrogen-bond donors (Lipinski definition) is 2. The van der Waals surface area contributed by atoms with E-state index in [1.54, 1.807) is 0 Å². The molecule has 17 heavy (non-hydrogen) atoms. The maximum Gasteiger partial charge on any atom is 0.401 e. The van der Waals surface area contributed by atoms with Gasteiger partial charge in [-0.25, -0.2) is 0 Å². The van der Waals surface area contributed by atoms with E-state index in [9.17, 15) is 18.3 Å². The lowest BCUT2D eigenvalue weighted by Gasteiger charge is -2.32. The molecular formula is C12H20F3NO. The van der Waals surface area contributed by atoms with Crippen molar-refractivity contribution in [2.24, 2.45) is 11.8 Å². The molecule has 0 saturated heterocycles. The van der Waals surface area contributed by atoms with Crippen LogP contribution in [0.1, 0.15) is 26.7 Å². The van der Waals surface area contributed by atoms with Gasteiger partial charge < -0.3 is 10.4 Å². The van der Waals surface area contributed by atoms with E-state index in [2.05, 4.69) is 11.4 Å². The second kappa shape index (κ2) is 5.87. The number of hydrogen-bond acceptors (Lipinski definition) is 2. The van der Waals surface area contributed by atoms with Gasteiger partial charge in [-0.3, -0.25) is 0 Å². The van der Waals surface area contributed by atoms with Crippen molar-refractivity contribution in [1.82, 2.24) is 5.32 Å². The SMILES string of the molecule is CC1=CC(C)CC(C(CO)NCC(F)(F)F)C1. The summed E-state index contributed by atoms with van der Waals surface area (Å²) in [5.41, 5.74) is 1.20. The lowest BCUT2D eigenvalue weighted by Crippen LogP contribution is -2.45. The molecule has 0 aromatic carbocycles. The molecule has 1 aliphatic rings. The van der Waals surface area contributed by atoms with Crippen LogP contribution in [0, 0.1) is 11.8 Å². The number of halogens is 3. The van der Waals surface area contributed by atoms with Gasteiger partial charge >= 0.3 is 6.18 Å². The van der Waals surface area contributed by atoms with Crippen molar-refractivity contribution in [3.63, 3.8) is 0 Å². The number of aliphatic hydroxyl groups excluding tert-OH is 1. The van der Waals surface area contributed by atoms with Gasteiger partial charge in [0.1, 0.15) is 0 Å². The van der Waals surface area contributed by atoms with Crippen molar-refractivity contribution >= 4 is 0 Å². The summed E-state index contributed by atoms with van der Waals surface area (Å²) in [6, 6.07) is -0.470. The first-order chi connectivity index (χ1) is 7.81. The molecule has 0 aromatic heterocycles. The van der Waals surface area contributed by atoms with Crippen molar-refractivity contribution in [3.8, 4) is 0 Å². The Morgan fingerprint density at radius 3 is 2.65 bits per heavy atom. The lowest BCUT2D eigenvalue weighted by molar-refractivity contribution is -0.127. The fourth-order valence-electron chi connectivity index (χ4n) is 2.53. The Labute approximate surface area is 99.9 Å². The number of alkyl halides is 3. The predicted molar refractivity (Wildman–Crippen MR) is 60.6 cm³/mol. The molecule has 100 valence electrons. The molecule has 0 heterocycles. The molecule has 2 nitrogen and oxygen atoms in total. The smallest absolute Gasteiger partial charge is 0.395 e. The minimum absolute atomic E-state index is 0.0855. The Morgan fingerprint density at radius 2 is 2.18 bits per heavy atom. The van der Waals surface area contributed by atoms with Gasteiger partial charge in [0.15, 0.2) is 0 Å². The first-order valence-electron chi connectivity index (χ1n) is 5.90. The van der Waals surface area contributed by atoms with Crippen LogP contribution in [-0.2, 0) is 0 Å². The largest absolute Gasteiger partial charge is 0.401 e. The molecule has 0 radical (unpaired) electrons. The number of rotatable bonds is 4. The van der Waals surface area contributed by atoms with Crippen molar-refractivity contribution in [1.29, 1.82) is 0 Å². The van der Waals surface area contributed by atoms with Crippen LogP contribution in [0.4, 0.5) is 13.2 Å². The zero-order valence-electron chi connectivity index (χ0n) is 10.2. The third-order valence-corrected chi connectivity index (χ3v) is 3.16. The summed E-state index contributed by atoms with van der Waals surface area (Å²) >= 11 is 0. The Bertz CT molecular complexity index is 275. The van der Waals surface area contributed by atoms with Gasteiger partial charge in [0, 0.05) is 6.04 Å². The molecule has 1 rings (SSSR count). The fraction of sp³-hybridized carbons (Fsp3) is 0.833. The van der Waals surface area contributed by atoms with Gasteiger partial charge in [0.25, 0.3) is 0 Å². The summed E-state index contributed by atoms with van der Waals surface area (Å²) in [4.78, 5) is 0. The topological polar surface area (TPSA) is 32.3 Å². The van der Waals surface area contributed by atoms with Gasteiger partial charge in [-0.05, 0) is 31.6 Å². The van der Waals surface area contributed by atoms with Crippen molar-refractivity contribution in [2.75, 3.05) is 13.2 Å². The molecule has 0 fully saturated rings. The molecule has 3 unspecified atom stereocenters. The summed E-state index contributed by atoms with van der Waals surface area (Å²) in [7, 11) is 0. The van der Waals surface area contributed by atoms with Crippen LogP contribution >= 0.6 is 0 Å². The van der Waals surface area contributed by atoms with Gasteiger partial charge in [-0.2, -0.15) is 13.2 Å². The Hall–Kier alpha value is -0.550. The van der Waals surface area contributed by atoms with E-state index in [0.29, 0.717) is 5.92 Å². The van der Waals surface area contributed by atoms with Crippen molar-refractivity contribution < 1.29 is 18.3 Å². The maximum atomic E-state index is 12.1. The van der Waals surface area contributed by atoms with Gasteiger partial charge in [-0.15, -0.1) is 0 Å². The van der Waals surface area contributed by atoms with E-state index in [4.69, 9.17) is 0 Å². The molecule has 0 saturated carbocycles. The van der Waals surface area contributed by atoms with Crippen LogP contribution in [0.3, 0.4) is 0 Å². The standard InChI is InChI=1S/C12H20F3NO/c1-8-3-9(2)5-10(4-8)11(6-17)16-7-12(13,14)15/h3,8,10-11,16-17H,4-7H2,1-2H3. The van der Waals surface area contributed by atoms with Crippen molar-refractivity contribution in [2.45, 2.75) is 38.9 Å². The molecule has 0 aliphatic heterocycles. The van der Waals surface area contributed by atoms with E-state index < -0.39 is 18.8 Å². The Balaban J connectivity index is 2.53. The van der Waals surface area contributed by atoms with E-state index in [-0.39, 0.29) is 12.5 Å². The number of nitrogens with one attached hydrogen (secondary N) is 1. The van der Waals surface area contributed by atoms with E-state index in [1.807, 2.05) is 13.8 Å². The van der Waals surface area contributed by atoms with Crippen LogP contribution in [0.15, 0.2) is 11.6 Å². The number of allylic oxidation sites excluding steroid dienone is 2. The monoisotopic (exact) mass is 251 g/mol. The van der Waals surface area contributed by atoms with Gasteiger partial charge in [0.2, 0.25) is 0 Å². The summed E-state index contributed by atoms with van der Waals surface area (Å²) in [6.45, 7) is 2.75. The minimum atomic E-state index is -4.22. The lowest BCUT2D eigenvalue weighted by atomic mass is 9.80. The molecule has 3 atom stereocenters. The first-order valence-corrected chi connectivity index (χ1v) is 5.90. The van der Waals surface area contributed by atoms with Crippen molar-refractivity contribution in [3.05, 3.63) is 11.6 Å². The maximum absolute atomic E-state index is 12.1. The molecule has 5 heteroatoms.